The third-order valence-corrected chi connectivity index (χ3v) is 3.11. The van der Waals surface area contributed by atoms with Crippen molar-refractivity contribution in [3.05, 3.63) is 59.3 Å². The van der Waals surface area contributed by atoms with Gasteiger partial charge < -0.3 is 10.6 Å². The molecule has 2 N–H and O–H groups in total. The van der Waals surface area contributed by atoms with Crippen molar-refractivity contribution >= 4 is 11.7 Å². The normalized spacial score (nSPS) is 10.3. The van der Waals surface area contributed by atoms with Crippen LogP contribution < -0.4 is 5.73 Å². The molecule has 1 aromatic heterocycles. The van der Waals surface area contributed by atoms with E-state index < -0.39 is 0 Å². The van der Waals surface area contributed by atoms with Crippen LogP contribution in [0, 0.1) is 6.92 Å². The quantitative estimate of drug-likeness (QED) is 0.928. The number of carbonyl (C=O) groups is 1. The van der Waals surface area contributed by atoms with Crippen molar-refractivity contribution in [1.29, 1.82) is 0 Å². The monoisotopic (exact) mass is 269 g/mol. The van der Waals surface area contributed by atoms with Crippen LogP contribution in [0.1, 0.15) is 28.5 Å². The predicted octanol–water partition coefficient (Wildman–Crippen LogP) is 2.63. The summed E-state index contributed by atoms with van der Waals surface area (Å²) in [5, 5.41) is 0. The molecule has 0 bridgehead atoms. The average Bonchev–Trinajstić information content (AvgIpc) is 2.44. The van der Waals surface area contributed by atoms with Gasteiger partial charge in [0.2, 0.25) is 0 Å². The van der Waals surface area contributed by atoms with Crippen LogP contribution in [0.2, 0.25) is 0 Å². The van der Waals surface area contributed by atoms with Gasteiger partial charge in [0.05, 0.1) is 0 Å². The molecule has 0 fully saturated rings. The van der Waals surface area contributed by atoms with Crippen molar-refractivity contribution in [1.82, 2.24) is 9.88 Å². The van der Waals surface area contributed by atoms with Crippen molar-refractivity contribution in [3.8, 4) is 0 Å². The van der Waals surface area contributed by atoms with Gasteiger partial charge in [0, 0.05) is 24.3 Å². The van der Waals surface area contributed by atoms with E-state index in [1.165, 1.54) is 0 Å². The van der Waals surface area contributed by atoms with E-state index in [0.29, 0.717) is 24.5 Å². The Morgan fingerprint density at radius 1 is 1.25 bits per heavy atom. The number of amides is 1. The molecule has 0 saturated carbocycles. The molecule has 20 heavy (non-hydrogen) atoms. The summed E-state index contributed by atoms with van der Waals surface area (Å²) in [7, 11) is 0. The summed E-state index contributed by atoms with van der Waals surface area (Å²) in [5.74, 6) is 0.359. The number of aromatic nitrogens is 1. The minimum atomic E-state index is -0.0199. The minimum Gasteiger partial charge on any atom is -0.384 e. The molecule has 0 atom stereocenters. The van der Waals surface area contributed by atoms with Crippen LogP contribution in [-0.2, 0) is 6.54 Å². The molecule has 104 valence electrons. The Bertz CT molecular complexity index is 576. The fourth-order valence-electron chi connectivity index (χ4n) is 2.13. The molecule has 1 amide bonds. The Morgan fingerprint density at radius 2 is 1.95 bits per heavy atom. The molecular formula is C16H19N3O. The summed E-state index contributed by atoms with van der Waals surface area (Å²) in [4.78, 5) is 18.4. The van der Waals surface area contributed by atoms with E-state index in [4.69, 9.17) is 5.73 Å². The second-order valence-electron chi connectivity index (χ2n) is 4.73. The molecule has 4 nitrogen and oxygen atoms in total. The topological polar surface area (TPSA) is 59.2 Å². The number of carbonyl (C=O) groups excluding carboxylic acids is 1. The maximum Gasteiger partial charge on any atom is 0.254 e. The Balaban J connectivity index is 2.20. The summed E-state index contributed by atoms with van der Waals surface area (Å²) < 4.78 is 0. The van der Waals surface area contributed by atoms with Gasteiger partial charge in [0.15, 0.2) is 0 Å². The van der Waals surface area contributed by atoms with Gasteiger partial charge >= 0.3 is 0 Å². The molecule has 0 unspecified atom stereocenters. The summed E-state index contributed by atoms with van der Waals surface area (Å²) in [6.07, 6.45) is 0. The number of pyridine rings is 1. The number of hydrogen-bond donors (Lipinski definition) is 1. The van der Waals surface area contributed by atoms with Crippen LogP contribution in [0.4, 0.5) is 5.82 Å². The molecule has 0 aliphatic rings. The second-order valence-corrected chi connectivity index (χ2v) is 4.73. The van der Waals surface area contributed by atoms with Gasteiger partial charge in [-0.2, -0.15) is 0 Å². The summed E-state index contributed by atoms with van der Waals surface area (Å²) in [5.41, 5.74) is 8.17. The maximum absolute atomic E-state index is 12.5. The van der Waals surface area contributed by atoms with Gasteiger partial charge in [-0.1, -0.05) is 30.3 Å². The SMILES string of the molecule is CCN(Cc1ccccc1)C(=O)c1cc(C)nc(N)c1. The van der Waals surface area contributed by atoms with Gasteiger partial charge in [-0.3, -0.25) is 4.79 Å². The first-order valence-corrected chi connectivity index (χ1v) is 6.67. The number of benzene rings is 1. The van der Waals surface area contributed by atoms with Crippen LogP contribution in [0.15, 0.2) is 42.5 Å². The molecule has 4 heteroatoms. The highest BCUT2D eigenvalue weighted by Crippen LogP contribution is 2.13. The first kappa shape index (κ1) is 14.1. The van der Waals surface area contributed by atoms with Crippen LogP contribution in [0.25, 0.3) is 0 Å². The Morgan fingerprint density at radius 3 is 2.55 bits per heavy atom. The lowest BCUT2D eigenvalue weighted by Crippen LogP contribution is -2.30. The number of nitrogen functional groups attached to an aromatic ring is 1. The predicted molar refractivity (Wildman–Crippen MR) is 80.2 cm³/mol. The Labute approximate surface area is 119 Å². The van der Waals surface area contributed by atoms with E-state index in [-0.39, 0.29) is 5.91 Å². The molecule has 0 aliphatic heterocycles. The fraction of sp³-hybridized carbons (Fsp3) is 0.250. The molecule has 0 spiro atoms. The maximum atomic E-state index is 12.5. The van der Waals surface area contributed by atoms with E-state index in [9.17, 15) is 4.79 Å². The molecule has 1 heterocycles. The summed E-state index contributed by atoms with van der Waals surface area (Å²) >= 11 is 0. The zero-order chi connectivity index (χ0) is 14.5. The number of nitrogens with zero attached hydrogens (tertiary/aromatic N) is 2. The third-order valence-electron chi connectivity index (χ3n) is 3.11. The Hall–Kier alpha value is -2.36. The van der Waals surface area contributed by atoms with Crippen molar-refractivity contribution in [3.63, 3.8) is 0 Å². The lowest BCUT2D eigenvalue weighted by molar-refractivity contribution is 0.0752. The Kier molecular flexibility index (Phi) is 4.35. The van der Waals surface area contributed by atoms with Crippen molar-refractivity contribution in [2.24, 2.45) is 0 Å². The van der Waals surface area contributed by atoms with Crippen molar-refractivity contribution < 1.29 is 4.79 Å². The van der Waals surface area contributed by atoms with Crippen LogP contribution in [0.3, 0.4) is 0 Å². The molecule has 0 saturated heterocycles. The molecular weight excluding hydrogens is 250 g/mol. The number of aryl methyl sites for hydroxylation is 1. The van der Waals surface area contributed by atoms with E-state index in [1.807, 2.05) is 44.2 Å². The summed E-state index contributed by atoms with van der Waals surface area (Å²) in [6, 6.07) is 13.3. The van der Waals surface area contributed by atoms with Crippen molar-refractivity contribution in [2.75, 3.05) is 12.3 Å². The largest absolute Gasteiger partial charge is 0.384 e. The minimum absolute atomic E-state index is 0.0199. The van der Waals surface area contributed by atoms with Crippen LogP contribution >= 0.6 is 0 Å². The molecule has 0 aliphatic carbocycles. The van der Waals surface area contributed by atoms with E-state index in [1.54, 1.807) is 17.0 Å². The smallest absolute Gasteiger partial charge is 0.254 e. The van der Waals surface area contributed by atoms with E-state index >= 15 is 0 Å². The van der Waals surface area contributed by atoms with Crippen molar-refractivity contribution in [2.45, 2.75) is 20.4 Å². The van der Waals surface area contributed by atoms with Gasteiger partial charge in [0.25, 0.3) is 5.91 Å². The number of nitrogens with two attached hydrogens (primary N) is 1. The van der Waals surface area contributed by atoms with Gasteiger partial charge in [-0.15, -0.1) is 0 Å². The zero-order valence-electron chi connectivity index (χ0n) is 11.8. The highest BCUT2D eigenvalue weighted by Gasteiger charge is 2.15. The molecule has 0 radical (unpaired) electrons. The fourth-order valence-corrected chi connectivity index (χ4v) is 2.13. The molecule has 2 aromatic rings. The summed E-state index contributed by atoms with van der Waals surface area (Å²) in [6.45, 7) is 5.05. The average molecular weight is 269 g/mol. The zero-order valence-corrected chi connectivity index (χ0v) is 11.8. The third kappa shape index (κ3) is 3.35. The lowest BCUT2D eigenvalue weighted by Gasteiger charge is -2.21. The van der Waals surface area contributed by atoms with Gasteiger partial charge in [0.1, 0.15) is 5.82 Å². The first-order chi connectivity index (χ1) is 9.60. The van der Waals surface area contributed by atoms with E-state index in [0.717, 1.165) is 11.3 Å². The number of hydrogen-bond acceptors (Lipinski definition) is 3. The van der Waals surface area contributed by atoms with Crippen LogP contribution in [0.5, 0.6) is 0 Å². The lowest BCUT2D eigenvalue weighted by atomic mass is 10.1. The highest BCUT2D eigenvalue weighted by molar-refractivity contribution is 5.94. The highest BCUT2D eigenvalue weighted by atomic mass is 16.2. The molecule has 1 aromatic carbocycles. The second kappa shape index (κ2) is 6.19. The van der Waals surface area contributed by atoms with Crippen LogP contribution in [-0.4, -0.2) is 22.3 Å². The van der Waals surface area contributed by atoms with Gasteiger partial charge in [-0.05, 0) is 31.5 Å². The number of rotatable bonds is 4. The van der Waals surface area contributed by atoms with Gasteiger partial charge in [-0.25, -0.2) is 4.98 Å². The first-order valence-electron chi connectivity index (χ1n) is 6.67. The van der Waals surface area contributed by atoms with E-state index in [2.05, 4.69) is 4.98 Å². The standard InChI is InChI=1S/C16H19N3O/c1-3-19(11-13-7-5-4-6-8-13)16(20)14-9-12(2)18-15(17)10-14/h4-10H,3,11H2,1-2H3,(H2,17,18). The number of anilines is 1. The molecule has 2 rings (SSSR count).